The van der Waals surface area contributed by atoms with E-state index in [0.717, 1.165) is 17.7 Å². The van der Waals surface area contributed by atoms with Gasteiger partial charge < -0.3 is 10.4 Å². The topological polar surface area (TPSA) is 52.6 Å². The summed E-state index contributed by atoms with van der Waals surface area (Å²) in [5, 5.41) is 16.5. The molecule has 1 aromatic heterocycles. The van der Waals surface area contributed by atoms with Gasteiger partial charge in [-0.25, -0.2) is 0 Å². The predicted molar refractivity (Wildman–Crippen MR) is 80.6 cm³/mol. The van der Waals surface area contributed by atoms with Crippen LogP contribution in [0.15, 0.2) is 16.8 Å². The van der Waals surface area contributed by atoms with E-state index >= 15 is 0 Å². The Morgan fingerprint density at radius 3 is 3.16 bits per heavy atom. The van der Waals surface area contributed by atoms with Gasteiger partial charge in [-0.15, -0.1) is 0 Å². The van der Waals surface area contributed by atoms with Crippen molar-refractivity contribution in [1.29, 1.82) is 0 Å². The molecule has 1 aliphatic rings. The van der Waals surface area contributed by atoms with Gasteiger partial charge in [-0.05, 0) is 41.6 Å². The minimum absolute atomic E-state index is 0.0197. The highest BCUT2D eigenvalue weighted by Gasteiger charge is 2.21. The number of thiophene rings is 1. The van der Waals surface area contributed by atoms with Gasteiger partial charge in [0.25, 0.3) is 0 Å². The molecule has 106 valence electrons. The van der Waals surface area contributed by atoms with E-state index in [1.807, 2.05) is 35.6 Å². The molecule has 1 fully saturated rings. The van der Waals surface area contributed by atoms with E-state index in [1.165, 1.54) is 5.75 Å². The van der Waals surface area contributed by atoms with Crippen molar-refractivity contribution in [3.63, 3.8) is 0 Å². The van der Waals surface area contributed by atoms with E-state index in [1.54, 1.807) is 11.3 Å². The predicted octanol–water partition coefficient (Wildman–Crippen LogP) is 1.33. The Hall–Kier alpha value is -0.560. The minimum atomic E-state index is -0.609. The van der Waals surface area contributed by atoms with Crippen molar-refractivity contribution < 1.29 is 9.90 Å². The number of nitrogens with zero attached hydrogens (tertiary/aromatic N) is 1. The van der Waals surface area contributed by atoms with Crippen molar-refractivity contribution in [3.05, 3.63) is 22.4 Å². The number of carbonyl (C=O) groups excluding carboxylic acids is 1. The smallest absolute Gasteiger partial charge is 0.234 e. The molecule has 4 nitrogen and oxygen atoms in total. The maximum atomic E-state index is 11.8. The highest BCUT2D eigenvalue weighted by molar-refractivity contribution is 7.99. The van der Waals surface area contributed by atoms with Gasteiger partial charge in [0.2, 0.25) is 5.91 Å². The Morgan fingerprint density at radius 1 is 1.68 bits per heavy atom. The molecule has 1 saturated heterocycles. The Bertz CT molecular complexity index is 391. The number of carbonyl (C=O) groups is 1. The highest BCUT2D eigenvalue weighted by atomic mass is 32.2. The molecule has 0 aromatic carbocycles. The first-order chi connectivity index (χ1) is 9.16. The molecule has 6 heteroatoms. The molecular weight excluding hydrogens is 280 g/mol. The number of likely N-dealkylation sites (N-methyl/N-ethyl adjacent to an activating group) is 1. The van der Waals surface area contributed by atoms with Gasteiger partial charge in [0, 0.05) is 18.3 Å². The molecule has 2 unspecified atom stereocenters. The van der Waals surface area contributed by atoms with Crippen molar-refractivity contribution in [3.8, 4) is 0 Å². The molecule has 2 N–H and O–H groups in total. The van der Waals surface area contributed by atoms with E-state index in [9.17, 15) is 9.90 Å². The molecule has 1 aliphatic heterocycles. The van der Waals surface area contributed by atoms with Crippen molar-refractivity contribution in [2.45, 2.75) is 18.6 Å². The van der Waals surface area contributed by atoms with Gasteiger partial charge in [0.1, 0.15) is 0 Å². The van der Waals surface area contributed by atoms with Crippen molar-refractivity contribution in [2.24, 2.45) is 0 Å². The summed E-state index contributed by atoms with van der Waals surface area (Å²) >= 11 is 3.49. The van der Waals surface area contributed by atoms with Crippen LogP contribution < -0.4 is 5.32 Å². The fourth-order valence-corrected chi connectivity index (χ4v) is 4.08. The first-order valence-electron chi connectivity index (χ1n) is 6.41. The first-order valence-corrected chi connectivity index (χ1v) is 8.51. The fraction of sp³-hybridized carbons (Fsp3) is 0.615. The van der Waals surface area contributed by atoms with Crippen molar-refractivity contribution in [1.82, 2.24) is 10.2 Å². The summed E-state index contributed by atoms with van der Waals surface area (Å²) in [5.41, 5.74) is 0.867. The lowest BCUT2D eigenvalue weighted by atomic mass is 10.2. The van der Waals surface area contributed by atoms with Crippen LogP contribution in [0.25, 0.3) is 0 Å². The van der Waals surface area contributed by atoms with Crippen LogP contribution in [-0.2, 0) is 4.79 Å². The van der Waals surface area contributed by atoms with Gasteiger partial charge >= 0.3 is 0 Å². The van der Waals surface area contributed by atoms with E-state index in [-0.39, 0.29) is 12.5 Å². The number of aliphatic hydroxyl groups is 1. The maximum absolute atomic E-state index is 11.8. The maximum Gasteiger partial charge on any atom is 0.234 e. The third-order valence-corrected chi connectivity index (χ3v) is 5.19. The molecule has 0 spiro atoms. The van der Waals surface area contributed by atoms with Gasteiger partial charge in [-0.3, -0.25) is 9.69 Å². The summed E-state index contributed by atoms with van der Waals surface area (Å²) in [6.45, 7) is 0.685. The van der Waals surface area contributed by atoms with Crippen LogP contribution in [0.5, 0.6) is 0 Å². The molecule has 0 saturated carbocycles. The lowest BCUT2D eigenvalue weighted by Crippen LogP contribution is -2.41. The van der Waals surface area contributed by atoms with E-state index in [0.29, 0.717) is 12.6 Å². The second-order valence-electron chi connectivity index (χ2n) is 4.81. The molecule has 2 heterocycles. The Labute approximate surface area is 122 Å². The quantitative estimate of drug-likeness (QED) is 0.832. The SMILES string of the molecule is CN(CC(=O)NCC(O)c1ccsc1)C1CCSC1. The second kappa shape index (κ2) is 7.28. The number of aliphatic hydroxyl groups excluding tert-OH is 1. The van der Waals surface area contributed by atoms with Gasteiger partial charge in [-0.1, -0.05) is 0 Å². The third-order valence-electron chi connectivity index (χ3n) is 3.34. The average molecular weight is 300 g/mol. The Morgan fingerprint density at radius 2 is 2.53 bits per heavy atom. The van der Waals surface area contributed by atoms with Crippen molar-refractivity contribution in [2.75, 3.05) is 31.6 Å². The summed E-state index contributed by atoms with van der Waals surface area (Å²) in [6.07, 6.45) is 0.550. The zero-order chi connectivity index (χ0) is 13.7. The van der Waals surface area contributed by atoms with Crippen LogP contribution in [0.4, 0.5) is 0 Å². The average Bonchev–Trinajstić information content (AvgIpc) is 3.07. The van der Waals surface area contributed by atoms with Crippen LogP contribution in [0.1, 0.15) is 18.1 Å². The van der Waals surface area contributed by atoms with Gasteiger partial charge in [0.05, 0.1) is 12.6 Å². The lowest BCUT2D eigenvalue weighted by Gasteiger charge is -2.23. The number of thioether (sulfide) groups is 1. The minimum Gasteiger partial charge on any atom is -0.387 e. The van der Waals surface area contributed by atoms with E-state index in [2.05, 4.69) is 10.2 Å². The van der Waals surface area contributed by atoms with Crippen LogP contribution in [0, 0.1) is 0 Å². The third kappa shape index (κ3) is 4.49. The van der Waals surface area contributed by atoms with E-state index < -0.39 is 6.10 Å². The molecule has 0 radical (unpaired) electrons. The summed E-state index contributed by atoms with van der Waals surface area (Å²) < 4.78 is 0. The summed E-state index contributed by atoms with van der Waals surface area (Å²) in [6, 6.07) is 2.39. The van der Waals surface area contributed by atoms with Crippen molar-refractivity contribution >= 4 is 29.0 Å². The molecule has 2 atom stereocenters. The molecule has 19 heavy (non-hydrogen) atoms. The van der Waals surface area contributed by atoms with Crippen LogP contribution in [0.3, 0.4) is 0 Å². The molecule has 1 aromatic rings. The number of hydrogen-bond acceptors (Lipinski definition) is 5. The molecule has 0 aliphatic carbocycles. The summed E-state index contributed by atoms with van der Waals surface area (Å²) in [7, 11) is 1.99. The highest BCUT2D eigenvalue weighted by Crippen LogP contribution is 2.21. The molecule has 2 rings (SSSR count). The first kappa shape index (κ1) is 14.8. The summed E-state index contributed by atoms with van der Waals surface area (Å²) in [5.74, 6) is 2.28. The monoisotopic (exact) mass is 300 g/mol. The molecule has 0 bridgehead atoms. The Balaban J connectivity index is 1.69. The van der Waals surface area contributed by atoms with Crippen LogP contribution in [-0.4, -0.2) is 53.6 Å². The lowest BCUT2D eigenvalue weighted by molar-refractivity contribution is -0.122. The number of rotatable bonds is 6. The fourth-order valence-electron chi connectivity index (χ4n) is 2.07. The van der Waals surface area contributed by atoms with E-state index in [4.69, 9.17) is 0 Å². The van der Waals surface area contributed by atoms with Crippen LogP contribution in [0.2, 0.25) is 0 Å². The normalized spacial score (nSPS) is 20.7. The largest absolute Gasteiger partial charge is 0.387 e. The Kier molecular flexibility index (Phi) is 5.69. The second-order valence-corrected chi connectivity index (χ2v) is 6.74. The molecular formula is C13H20N2O2S2. The van der Waals surface area contributed by atoms with Gasteiger partial charge in [-0.2, -0.15) is 23.1 Å². The molecule has 1 amide bonds. The van der Waals surface area contributed by atoms with Gasteiger partial charge in [0.15, 0.2) is 0 Å². The van der Waals surface area contributed by atoms with Crippen LogP contribution >= 0.6 is 23.1 Å². The zero-order valence-electron chi connectivity index (χ0n) is 11.0. The number of hydrogen-bond donors (Lipinski definition) is 2. The number of amides is 1. The standard InChI is InChI=1S/C13H20N2O2S2/c1-15(11-3-5-19-9-11)7-13(17)14-6-12(16)10-2-4-18-8-10/h2,4,8,11-12,16H,3,5-7,9H2,1H3,(H,14,17). The number of nitrogens with one attached hydrogen (secondary N) is 1. The summed E-state index contributed by atoms with van der Waals surface area (Å²) in [4.78, 5) is 13.9. The zero-order valence-corrected chi connectivity index (χ0v) is 12.7.